The summed E-state index contributed by atoms with van der Waals surface area (Å²) in [5, 5.41) is 9.60. The molecule has 0 N–H and O–H groups in total. The SMILES string of the molecule is N#Cc1ncnc2nc(C3CC3)ccc12. The Morgan fingerprint density at radius 1 is 1.27 bits per heavy atom. The quantitative estimate of drug-likeness (QED) is 0.697. The van der Waals surface area contributed by atoms with Crippen molar-refractivity contribution in [2.75, 3.05) is 0 Å². The minimum absolute atomic E-state index is 0.398. The van der Waals surface area contributed by atoms with Gasteiger partial charge in [-0.3, -0.25) is 0 Å². The highest BCUT2D eigenvalue weighted by atomic mass is 14.9. The predicted molar refractivity (Wildman–Crippen MR) is 54.0 cm³/mol. The van der Waals surface area contributed by atoms with Crippen molar-refractivity contribution in [2.24, 2.45) is 0 Å². The smallest absolute Gasteiger partial charge is 0.164 e. The molecule has 72 valence electrons. The highest BCUT2D eigenvalue weighted by Crippen LogP contribution is 2.39. The van der Waals surface area contributed by atoms with Crippen LogP contribution in [-0.2, 0) is 0 Å². The van der Waals surface area contributed by atoms with Crippen LogP contribution in [-0.4, -0.2) is 15.0 Å². The Labute approximate surface area is 86.6 Å². The van der Waals surface area contributed by atoms with Crippen LogP contribution in [0.2, 0.25) is 0 Å². The van der Waals surface area contributed by atoms with Gasteiger partial charge in [0.25, 0.3) is 0 Å². The number of fused-ring (bicyclic) bond motifs is 1. The molecule has 0 bridgehead atoms. The van der Waals surface area contributed by atoms with Crippen LogP contribution in [0.5, 0.6) is 0 Å². The standard InChI is InChI=1S/C11H8N4/c12-5-10-8-3-4-9(7-1-2-7)15-11(8)14-6-13-10/h3-4,6-7H,1-2H2. The average Bonchev–Trinajstić information content (AvgIpc) is 3.11. The van der Waals surface area contributed by atoms with Gasteiger partial charge in [-0.05, 0) is 25.0 Å². The molecule has 4 heteroatoms. The highest BCUT2D eigenvalue weighted by molar-refractivity contribution is 5.79. The Morgan fingerprint density at radius 2 is 2.13 bits per heavy atom. The van der Waals surface area contributed by atoms with E-state index in [2.05, 4.69) is 15.0 Å². The summed E-state index contributed by atoms with van der Waals surface area (Å²) in [7, 11) is 0. The minimum Gasteiger partial charge on any atom is -0.233 e. The average molecular weight is 196 g/mol. The largest absolute Gasteiger partial charge is 0.233 e. The molecule has 1 aliphatic carbocycles. The molecule has 0 atom stereocenters. The van der Waals surface area contributed by atoms with Crippen LogP contribution in [0, 0.1) is 11.3 Å². The zero-order valence-corrected chi connectivity index (χ0v) is 8.01. The molecule has 1 aliphatic rings. The predicted octanol–water partition coefficient (Wildman–Crippen LogP) is 1.77. The molecule has 0 aromatic carbocycles. The van der Waals surface area contributed by atoms with E-state index in [1.165, 1.54) is 19.2 Å². The van der Waals surface area contributed by atoms with Gasteiger partial charge in [0.15, 0.2) is 11.3 Å². The second kappa shape index (κ2) is 2.99. The van der Waals surface area contributed by atoms with Crippen LogP contribution < -0.4 is 0 Å². The molecule has 1 fully saturated rings. The first-order valence-electron chi connectivity index (χ1n) is 4.90. The van der Waals surface area contributed by atoms with E-state index >= 15 is 0 Å². The molecule has 3 rings (SSSR count). The van der Waals surface area contributed by atoms with Gasteiger partial charge in [-0.15, -0.1) is 0 Å². The maximum atomic E-state index is 8.86. The Balaban J connectivity index is 2.24. The van der Waals surface area contributed by atoms with Crippen molar-refractivity contribution in [1.82, 2.24) is 15.0 Å². The van der Waals surface area contributed by atoms with Crippen molar-refractivity contribution < 1.29 is 0 Å². The first-order valence-corrected chi connectivity index (χ1v) is 4.90. The first kappa shape index (κ1) is 8.30. The summed E-state index contributed by atoms with van der Waals surface area (Å²) in [6, 6.07) is 5.92. The highest BCUT2D eigenvalue weighted by Gasteiger charge is 2.25. The summed E-state index contributed by atoms with van der Waals surface area (Å²) in [6.45, 7) is 0. The molecule has 1 saturated carbocycles. The van der Waals surface area contributed by atoms with E-state index in [1.807, 2.05) is 18.2 Å². The van der Waals surface area contributed by atoms with Crippen molar-refractivity contribution in [2.45, 2.75) is 18.8 Å². The van der Waals surface area contributed by atoms with E-state index in [0.29, 0.717) is 17.3 Å². The Hall–Kier alpha value is -2.02. The van der Waals surface area contributed by atoms with Gasteiger partial charge in [-0.2, -0.15) is 5.26 Å². The lowest BCUT2D eigenvalue weighted by atomic mass is 10.2. The summed E-state index contributed by atoms with van der Waals surface area (Å²) in [5.41, 5.74) is 2.12. The molecule has 15 heavy (non-hydrogen) atoms. The van der Waals surface area contributed by atoms with Gasteiger partial charge in [0.05, 0.1) is 5.39 Å². The lowest BCUT2D eigenvalue weighted by Crippen LogP contribution is -1.94. The first-order chi connectivity index (χ1) is 7.38. The minimum atomic E-state index is 0.398. The maximum Gasteiger partial charge on any atom is 0.164 e. The van der Waals surface area contributed by atoms with Gasteiger partial charge >= 0.3 is 0 Å². The van der Waals surface area contributed by atoms with Gasteiger partial charge < -0.3 is 0 Å². The lowest BCUT2D eigenvalue weighted by Gasteiger charge is -2.00. The van der Waals surface area contributed by atoms with Crippen LogP contribution in [0.15, 0.2) is 18.5 Å². The third-order valence-electron chi connectivity index (χ3n) is 2.62. The molecule has 0 unspecified atom stereocenters. The molecule has 0 aliphatic heterocycles. The number of nitrogens with zero attached hydrogens (tertiary/aromatic N) is 4. The van der Waals surface area contributed by atoms with Crippen molar-refractivity contribution >= 4 is 11.0 Å². The third-order valence-corrected chi connectivity index (χ3v) is 2.62. The Kier molecular flexibility index (Phi) is 1.65. The van der Waals surface area contributed by atoms with Crippen LogP contribution in [0.25, 0.3) is 11.0 Å². The topological polar surface area (TPSA) is 62.5 Å². The van der Waals surface area contributed by atoms with Crippen molar-refractivity contribution in [3.8, 4) is 6.07 Å². The van der Waals surface area contributed by atoms with Gasteiger partial charge in [-0.25, -0.2) is 15.0 Å². The molecular weight excluding hydrogens is 188 g/mol. The van der Waals surface area contributed by atoms with E-state index in [1.54, 1.807) is 0 Å². The summed E-state index contributed by atoms with van der Waals surface area (Å²) in [5.74, 6) is 0.606. The Bertz CT molecular complexity index is 566. The molecule has 0 saturated heterocycles. The molecule has 0 spiro atoms. The third kappa shape index (κ3) is 1.33. The van der Waals surface area contributed by atoms with Crippen LogP contribution >= 0.6 is 0 Å². The summed E-state index contributed by atoms with van der Waals surface area (Å²) in [6.07, 6.45) is 3.83. The molecule has 2 aromatic rings. The molecule has 4 nitrogen and oxygen atoms in total. The van der Waals surface area contributed by atoms with Crippen LogP contribution in [0.1, 0.15) is 30.1 Å². The number of hydrogen-bond donors (Lipinski definition) is 0. The fourth-order valence-corrected chi connectivity index (χ4v) is 1.65. The summed E-state index contributed by atoms with van der Waals surface area (Å²) < 4.78 is 0. The number of rotatable bonds is 1. The second-order valence-corrected chi connectivity index (χ2v) is 3.72. The van der Waals surface area contributed by atoms with E-state index in [0.717, 1.165) is 11.1 Å². The normalized spacial score (nSPS) is 15.1. The zero-order valence-electron chi connectivity index (χ0n) is 8.01. The van der Waals surface area contributed by atoms with Crippen LogP contribution in [0.4, 0.5) is 0 Å². The number of pyridine rings is 1. The molecule has 0 amide bonds. The fourth-order valence-electron chi connectivity index (χ4n) is 1.65. The fraction of sp³-hybridized carbons (Fsp3) is 0.273. The van der Waals surface area contributed by atoms with Crippen LogP contribution in [0.3, 0.4) is 0 Å². The van der Waals surface area contributed by atoms with Gasteiger partial charge in [-0.1, -0.05) is 0 Å². The molecule has 2 heterocycles. The van der Waals surface area contributed by atoms with Crippen molar-refractivity contribution in [1.29, 1.82) is 5.26 Å². The van der Waals surface area contributed by atoms with E-state index in [4.69, 9.17) is 5.26 Å². The second-order valence-electron chi connectivity index (χ2n) is 3.72. The molecule has 0 radical (unpaired) electrons. The van der Waals surface area contributed by atoms with Gasteiger partial charge in [0.2, 0.25) is 0 Å². The number of nitriles is 1. The van der Waals surface area contributed by atoms with E-state index < -0.39 is 0 Å². The van der Waals surface area contributed by atoms with Gasteiger partial charge in [0, 0.05) is 11.6 Å². The van der Waals surface area contributed by atoms with Crippen molar-refractivity contribution in [3.05, 3.63) is 29.8 Å². The zero-order chi connectivity index (χ0) is 10.3. The van der Waals surface area contributed by atoms with E-state index in [9.17, 15) is 0 Å². The maximum absolute atomic E-state index is 8.86. The van der Waals surface area contributed by atoms with Crippen molar-refractivity contribution in [3.63, 3.8) is 0 Å². The summed E-state index contributed by atoms with van der Waals surface area (Å²) in [4.78, 5) is 12.4. The Morgan fingerprint density at radius 3 is 2.87 bits per heavy atom. The van der Waals surface area contributed by atoms with Gasteiger partial charge in [0.1, 0.15) is 12.4 Å². The molecular formula is C11H8N4. The molecule has 2 aromatic heterocycles. The summed E-state index contributed by atoms with van der Waals surface area (Å²) >= 11 is 0. The lowest BCUT2D eigenvalue weighted by molar-refractivity contribution is 1.02. The monoisotopic (exact) mass is 196 g/mol. The van der Waals surface area contributed by atoms with E-state index in [-0.39, 0.29) is 0 Å². The number of hydrogen-bond acceptors (Lipinski definition) is 4. The number of aromatic nitrogens is 3.